The van der Waals surface area contributed by atoms with Gasteiger partial charge in [0.15, 0.2) is 21.4 Å². The Morgan fingerprint density at radius 1 is 0.696 bits per heavy atom. The zero-order valence-electron chi connectivity index (χ0n) is 13.0. The molecule has 0 aliphatic rings. The molecule has 23 heavy (non-hydrogen) atoms. The molecule has 4 nitrogen and oxygen atoms in total. The van der Waals surface area contributed by atoms with Crippen LogP contribution in [-0.2, 0) is 19.4 Å². The van der Waals surface area contributed by atoms with Crippen molar-refractivity contribution in [2.45, 2.75) is 24.3 Å². The maximum atomic E-state index is 13.1. The predicted octanol–water partition coefficient (Wildman–Crippen LogP) is 3.06. The molecular formula is C18H18O4S. The molecular weight excluding hydrogens is 312 g/mol. The molecule has 5 heteroatoms. The van der Waals surface area contributed by atoms with Crippen molar-refractivity contribution >= 4 is 21.4 Å². The summed E-state index contributed by atoms with van der Waals surface area (Å²) in [5.74, 6) is -1.00. The summed E-state index contributed by atoms with van der Waals surface area (Å²) >= 11 is 0. The lowest BCUT2D eigenvalue weighted by Crippen LogP contribution is -2.29. The summed E-state index contributed by atoms with van der Waals surface area (Å²) in [6, 6.07) is 16.5. The molecule has 0 amide bonds. The average molecular weight is 330 g/mol. The van der Waals surface area contributed by atoms with E-state index in [0.29, 0.717) is 11.1 Å². The molecule has 0 aromatic heterocycles. The molecule has 0 heterocycles. The van der Waals surface area contributed by atoms with Crippen LogP contribution in [0.3, 0.4) is 0 Å². The van der Waals surface area contributed by atoms with Gasteiger partial charge in [0, 0.05) is 0 Å². The lowest BCUT2D eigenvalue weighted by molar-refractivity contribution is -0.116. The number of Topliss-reactive ketones (excluding diaryl/α,β-unsaturated/α-hetero) is 2. The van der Waals surface area contributed by atoms with E-state index in [0.717, 1.165) is 0 Å². The summed E-state index contributed by atoms with van der Waals surface area (Å²) < 4.78 is 26.1. The van der Waals surface area contributed by atoms with Gasteiger partial charge in [-0.1, -0.05) is 60.7 Å². The van der Waals surface area contributed by atoms with Gasteiger partial charge in [0.05, 0.1) is 0 Å². The van der Waals surface area contributed by atoms with Crippen LogP contribution >= 0.6 is 0 Å². The minimum absolute atomic E-state index is 0.377. The monoisotopic (exact) mass is 330 g/mol. The van der Waals surface area contributed by atoms with Gasteiger partial charge in [-0.15, -0.1) is 0 Å². The van der Waals surface area contributed by atoms with Crippen LogP contribution in [0.4, 0.5) is 0 Å². The van der Waals surface area contributed by atoms with Crippen molar-refractivity contribution < 1.29 is 18.0 Å². The zero-order chi connectivity index (χ0) is 17.0. The fourth-order valence-electron chi connectivity index (χ4n) is 2.70. The molecule has 2 aromatic carbocycles. The highest BCUT2D eigenvalue weighted by Gasteiger charge is 2.41. The molecule has 0 aliphatic heterocycles. The Morgan fingerprint density at radius 2 is 1.00 bits per heavy atom. The van der Waals surface area contributed by atoms with Crippen LogP contribution in [0.1, 0.15) is 35.5 Å². The van der Waals surface area contributed by atoms with Gasteiger partial charge >= 0.3 is 0 Å². The molecule has 0 N–H and O–H groups in total. The standard InChI is InChI=1S/C18H18O4S/c1-13(19)17(15-9-5-3-6-10-15)23(21,22)18(14(2)20)16-11-7-4-8-12-16/h3-12,17-18H,1-2H3. The predicted molar refractivity (Wildman–Crippen MR) is 88.6 cm³/mol. The van der Waals surface area contributed by atoms with Gasteiger partial charge in [0.25, 0.3) is 0 Å². The summed E-state index contributed by atoms with van der Waals surface area (Å²) in [7, 11) is -4.07. The van der Waals surface area contributed by atoms with Gasteiger partial charge in [0.1, 0.15) is 10.5 Å². The first-order valence-corrected chi connectivity index (χ1v) is 8.80. The molecule has 2 unspecified atom stereocenters. The Bertz CT molecular complexity index is 732. The first-order chi connectivity index (χ1) is 10.9. The third kappa shape index (κ3) is 3.56. The molecule has 0 radical (unpaired) electrons. The van der Waals surface area contributed by atoms with Gasteiger partial charge in [0.2, 0.25) is 0 Å². The molecule has 2 atom stereocenters. The van der Waals surface area contributed by atoms with E-state index in [4.69, 9.17) is 0 Å². The highest BCUT2D eigenvalue weighted by atomic mass is 32.2. The van der Waals surface area contributed by atoms with E-state index in [1.54, 1.807) is 60.7 Å². The van der Waals surface area contributed by atoms with Gasteiger partial charge in [-0.25, -0.2) is 8.42 Å². The number of carbonyl (C=O) groups is 2. The smallest absolute Gasteiger partial charge is 0.178 e. The van der Waals surface area contributed by atoms with E-state index < -0.39 is 31.9 Å². The number of hydrogen-bond donors (Lipinski definition) is 0. The third-order valence-electron chi connectivity index (χ3n) is 3.60. The topological polar surface area (TPSA) is 68.3 Å². The van der Waals surface area contributed by atoms with Crippen LogP contribution in [0, 0.1) is 0 Å². The molecule has 0 saturated carbocycles. The van der Waals surface area contributed by atoms with E-state index in [1.807, 2.05) is 0 Å². The Labute approximate surface area is 136 Å². The fourth-order valence-corrected chi connectivity index (χ4v) is 4.97. The van der Waals surface area contributed by atoms with Crippen molar-refractivity contribution in [1.82, 2.24) is 0 Å². The molecule has 2 aromatic rings. The minimum atomic E-state index is -4.07. The number of hydrogen-bond acceptors (Lipinski definition) is 4. The van der Waals surface area contributed by atoms with Gasteiger partial charge < -0.3 is 0 Å². The second-order valence-electron chi connectivity index (χ2n) is 5.39. The van der Waals surface area contributed by atoms with E-state index in [1.165, 1.54) is 13.8 Å². The van der Waals surface area contributed by atoms with Crippen molar-refractivity contribution in [3.05, 3.63) is 71.8 Å². The van der Waals surface area contributed by atoms with Crippen LogP contribution in [0.5, 0.6) is 0 Å². The maximum Gasteiger partial charge on any atom is 0.178 e. The van der Waals surface area contributed by atoms with Crippen LogP contribution in [0.25, 0.3) is 0 Å². The molecule has 0 saturated heterocycles. The van der Waals surface area contributed by atoms with Crippen molar-refractivity contribution in [1.29, 1.82) is 0 Å². The average Bonchev–Trinajstić information content (AvgIpc) is 2.48. The summed E-state index contributed by atoms with van der Waals surface area (Å²) in [5, 5.41) is -2.70. The highest BCUT2D eigenvalue weighted by Crippen LogP contribution is 2.35. The molecule has 0 bridgehead atoms. The van der Waals surface area contributed by atoms with Crippen molar-refractivity contribution in [3.63, 3.8) is 0 Å². The second kappa shape index (κ2) is 6.87. The zero-order valence-corrected chi connectivity index (χ0v) is 13.8. The SMILES string of the molecule is CC(=O)C(c1ccccc1)S(=O)(=O)C(C(C)=O)c1ccccc1. The second-order valence-corrected chi connectivity index (χ2v) is 7.51. The fraction of sp³-hybridized carbons (Fsp3) is 0.222. The Hall–Kier alpha value is -2.27. The van der Waals surface area contributed by atoms with Crippen molar-refractivity contribution in [2.24, 2.45) is 0 Å². The molecule has 120 valence electrons. The summed E-state index contributed by atoms with van der Waals surface area (Å²) in [6.45, 7) is 2.47. The highest BCUT2D eigenvalue weighted by molar-refractivity contribution is 7.93. The molecule has 0 fully saturated rings. The summed E-state index contributed by atoms with van der Waals surface area (Å²) in [6.07, 6.45) is 0. The van der Waals surface area contributed by atoms with Crippen LogP contribution in [-0.4, -0.2) is 20.0 Å². The first kappa shape index (κ1) is 17.1. The van der Waals surface area contributed by atoms with Crippen LogP contribution < -0.4 is 0 Å². The van der Waals surface area contributed by atoms with Gasteiger partial charge in [-0.05, 0) is 25.0 Å². The van der Waals surface area contributed by atoms with E-state index in [2.05, 4.69) is 0 Å². The Kier molecular flexibility index (Phi) is 5.11. The first-order valence-electron chi connectivity index (χ1n) is 7.19. The maximum absolute atomic E-state index is 13.1. The molecule has 0 spiro atoms. The van der Waals surface area contributed by atoms with Crippen LogP contribution in [0.2, 0.25) is 0 Å². The normalized spacial score (nSPS) is 14.0. The lowest BCUT2D eigenvalue weighted by Gasteiger charge is -2.22. The van der Waals surface area contributed by atoms with Crippen molar-refractivity contribution in [2.75, 3.05) is 0 Å². The number of benzene rings is 2. The Balaban J connectivity index is 2.60. The minimum Gasteiger partial charge on any atom is -0.298 e. The van der Waals surface area contributed by atoms with E-state index >= 15 is 0 Å². The number of sulfone groups is 1. The van der Waals surface area contributed by atoms with Gasteiger partial charge in [-0.3, -0.25) is 9.59 Å². The molecule has 2 rings (SSSR count). The summed E-state index contributed by atoms with van der Waals surface area (Å²) in [5.41, 5.74) is 0.754. The quantitative estimate of drug-likeness (QED) is 0.816. The Morgan fingerprint density at radius 3 is 1.26 bits per heavy atom. The largest absolute Gasteiger partial charge is 0.298 e. The lowest BCUT2D eigenvalue weighted by atomic mass is 10.1. The van der Waals surface area contributed by atoms with E-state index in [-0.39, 0.29) is 0 Å². The van der Waals surface area contributed by atoms with Gasteiger partial charge in [-0.2, -0.15) is 0 Å². The van der Waals surface area contributed by atoms with Crippen molar-refractivity contribution in [3.8, 4) is 0 Å². The summed E-state index contributed by atoms with van der Waals surface area (Å²) in [4.78, 5) is 24.1. The number of ketones is 2. The number of carbonyl (C=O) groups excluding carboxylic acids is 2. The third-order valence-corrected chi connectivity index (χ3v) is 6.12. The molecule has 0 aliphatic carbocycles. The van der Waals surface area contributed by atoms with Crippen LogP contribution in [0.15, 0.2) is 60.7 Å². The number of rotatable bonds is 6. The van der Waals surface area contributed by atoms with E-state index in [9.17, 15) is 18.0 Å².